The van der Waals surface area contributed by atoms with Gasteiger partial charge in [-0.05, 0) is 30.4 Å². The SMILES string of the molecule is CC(C)COC(=O)c1ccccc1C(=O)OCC(C)C.CCCCCCCCC(=O)O. The summed E-state index contributed by atoms with van der Waals surface area (Å²) >= 11 is 0. The second-order valence-electron chi connectivity index (χ2n) is 8.44. The maximum absolute atomic E-state index is 12.0. The van der Waals surface area contributed by atoms with Crippen LogP contribution in [0.1, 0.15) is 100 Å². The summed E-state index contributed by atoms with van der Waals surface area (Å²) < 4.78 is 10.3. The van der Waals surface area contributed by atoms with E-state index in [4.69, 9.17) is 14.6 Å². The summed E-state index contributed by atoms with van der Waals surface area (Å²) in [6, 6.07) is 6.56. The van der Waals surface area contributed by atoms with Gasteiger partial charge in [0.05, 0.1) is 24.3 Å². The molecule has 0 aliphatic heterocycles. The molecule has 1 rings (SSSR count). The Hall–Kier alpha value is -2.37. The lowest BCUT2D eigenvalue weighted by Gasteiger charge is -2.11. The van der Waals surface area contributed by atoms with Gasteiger partial charge in [0.25, 0.3) is 0 Å². The molecule has 1 aromatic carbocycles. The molecule has 1 aromatic rings. The third-order valence-corrected chi connectivity index (χ3v) is 4.21. The second-order valence-corrected chi connectivity index (χ2v) is 8.44. The van der Waals surface area contributed by atoms with E-state index in [1.54, 1.807) is 24.3 Å². The van der Waals surface area contributed by atoms with E-state index in [2.05, 4.69) is 6.92 Å². The molecule has 0 aliphatic carbocycles. The number of carboxylic acid groups (broad SMARTS) is 1. The van der Waals surface area contributed by atoms with E-state index in [-0.39, 0.29) is 23.0 Å². The number of carbonyl (C=O) groups is 3. The first-order chi connectivity index (χ1) is 14.7. The molecular formula is C25H40O6. The first-order valence-electron chi connectivity index (χ1n) is 11.3. The van der Waals surface area contributed by atoms with Gasteiger partial charge in [-0.1, -0.05) is 78.9 Å². The van der Waals surface area contributed by atoms with E-state index in [1.165, 1.54) is 25.7 Å². The largest absolute Gasteiger partial charge is 0.481 e. The molecule has 0 bridgehead atoms. The number of esters is 2. The van der Waals surface area contributed by atoms with Crippen molar-refractivity contribution in [3.8, 4) is 0 Å². The molecular weight excluding hydrogens is 396 g/mol. The van der Waals surface area contributed by atoms with Gasteiger partial charge in [0.15, 0.2) is 0 Å². The van der Waals surface area contributed by atoms with Gasteiger partial charge < -0.3 is 14.6 Å². The van der Waals surface area contributed by atoms with Crippen molar-refractivity contribution in [2.75, 3.05) is 13.2 Å². The van der Waals surface area contributed by atoms with E-state index >= 15 is 0 Å². The fourth-order valence-corrected chi connectivity index (χ4v) is 2.54. The number of hydrogen-bond acceptors (Lipinski definition) is 5. The highest BCUT2D eigenvalue weighted by Gasteiger charge is 2.19. The average molecular weight is 437 g/mol. The molecule has 0 saturated heterocycles. The minimum atomic E-state index is -0.666. The van der Waals surface area contributed by atoms with Crippen LogP contribution in [0.3, 0.4) is 0 Å². The second kappa shape index (κ2) is 17.3. The molecule has 0 saturated carbocycles. The van der Waals surface area contributed by atoms with Gasteiger partial charge in [-0.15, -0.1) is 0 Å². The Labute approximate surface area is 187 Å². The molecule has 6 nitrogen and oxygen atoms in total. The Bertz CT molecular complexity index is 608. The van der Waals surface area contributed by atoms with Crippen LogP contribution in [0.2, 0.25) is 0 Å². The summed E-state index contributed by atoms with van der Waals surface area (Å²) in [6.07, 6.45) is 7.25. The first kappa shape index (κ1) is 28.6. The summed E-state index contributed by atoms with van der Waals surface area (Å²) in [5, 5.41) is 8.32. The first-order valence-corrected chi connectivity index (χ1v) is 11.3. The van der Waals surface area contributed by atoms with Crippen LogP contribution in [-0.4, -0.2) is 36.2 Å². The Balaban J connectivity index is 0.000000695. The quantitative estimate of drug-likeness (QED) is 0.295. The zero-order valence-electron chi connectivity index (χ0n) is 19.8. The Morgan fingerprint density at radius 3 is 1.58 bits per heavy atom. The van der Waals surface area contributed by atoms with Crippen LogP contribution in [0.25, 0.3) is 0 Å². The topological polar surface area (TPSA) is 89.9 Å². The van der Waals surface area contributed by atoms with Crippen molar-refractivity contribution >= 4 is 17.9 Å². The number of hydrogen-bond donors (Lipinski definition) is 1. The van der Waals surface area contributed by atoms with Gasteiger partial charge in [0.1, 0.15) is 0 Å². The number of carboxylic acids is 1. The van der Waals surface area contributed by atoms with Crippen LogP contribution < -0.4 is 0 Å². The van der Waals surface area contributed by atoms with E-state index in [9.17, 15) is 14.4 Å². The monoisotopic (exact) mass is 436 g/mol. The minimum Gasteiger partial charge on any atom is -0.481 e. The lowest BCUT2D eigenvalue weighted by Crippen LogP contribution is -2.17. The van der Waals surface area contributed by atoms with Crippen molar-refractivity contribution in [1.29, 1.82) is 0 Å². The predicted octanol–water partition coefficient (Wildman–Crippen LogP) is 6.13. The summed E-state index contributed by atoms with van der Waals surface area (Å²) in [6.45, 7) is 10.7. The van der Waals surface area contributed by atoms with Crippen LogP contribution >= 0.6 is 0 Å². The van der Waals surface area contributed by atoms with Gasteiger partial charge in [-0.25, -0.2) is 9.59 Å². The van der Waals surface area contributed by atoms with Crippen molar-refractivity contribution in [3.63, 3.8) is 0 Å². The molecule has 0 heterocycles. The van der Waals surface area contributed by atoms with E-state index < -0.39 is 17.9 Å². The molecule has 6 heteroatoms. The van der Waals surface area contributed by atoms with Gasteiger partial charge in [0, 0.05) is 6.42 Å². The summed E-state index contributed by atoms with van der Waals surface area (Å²) in [5.74, 6) is -1.15. The molecule has 0 spiro atoms. The molecule has 31 heavy (non-hydrogen) atoms. The molecule has 0 aliphatic rings. The van der Waals surface area contributed by atoms with E-state index in [0.29, 0.717) is 19.6 Å². The van der Waals surface area contributed by atoms with E-state index in [1.807, 2.05) is 27.7 Å². The van der Waals surface area contributed by atoms with Crippen molar-refractivity contribution in [2.24, 2.45) is 11.8 Å². The molecule has 0 aromatic heterocycles. The van der Waals surface area contributed by atoms with Crippen molar-refractivity contribution < 1.29 is 29.0 Å². The number of benzene rings is 1. The fourth-order valence-electron chi connectivity index (χ4n) is 2.54. The predicted molar refractivity (Wildman–Crippen MR) is 122 cm³/mol. The van der Waals surface area contributed by atoms with E-state index in [0.717, 1.165) is 12.8 Å². The normalized spacial score (nSPS) is 10.4. The Kier molecular flexibility index (Phi) is 16.0. The minimum absolute atomic E-state index is 0.249. The molecule has 0 unspecified atom stereocenters. The van der Waals surface area contributed by atoms with Gasteiger partial charge >= 0.3 is 17.9 Å². The standard InChI is InChI=1S/C16H22O4.C9H18O2/c1-11(2)9-19-15(17)13-7-5-6-8-14(13)16(18)20-10-12(3)4;1-2-3-4-5-6-7-8-9(10)11/h5-8,11-12H,9-10H2,1-4H3;2-8H2,1H3,(H,10,11). The average Bonchev–Trinajstić information content (AvgIpc) is 2.73. The van der Waals surface area contributed by atoms with Crippen molar-refractivity contribution in [3.05, 3.63) is 35.4 Å². The number of carbonyl (C=O) groups excluding carboxylic acids is 2. The lowest BCUT2D eigenvalue weighted by molar-refractivity contribution is -0.137. The van der Waals surface area contributed by atoms with Crippen molar-refractivity contribution in [2.45, 2.75) is 79.6 Å². The molecule has 0 fully saturated rings. The van der Waals surface area contributed by atoms with Crippen LogP contribution in [-0.2, 0) is 14.3 Å². The highest BCUT2D eigenvalue weighted by molar-refractivity contribution is 6.03. The zero-order chi connectivity index (χ0) is 23.6. The van der Waals surface area contributed by atoms with Crippen LogP contribution in [0.15, 0.2) is 24.3 Å². The molecule has 0 atom stereocenters. The van der Waals surface area contributed by atoms with Gasteiger partial charge in [-0.2, -0.15) is 0 Å². The Morgan fingerprint density at radius 1 is 0.774 bits per heavy atom. The maximum Gasteiger partial charge on any atom is 0.339 e. The summed E-state index contributed by atoms with van der Waals surface area (Å²) in [4.78, 5) is 34.1. The zero-order valence-corrected chi connectivity index (χ0v) is 19.8. The summed E-state index contributed by atoms with van der Waals surface area (Å²) in [5.41, 5.74) is 0.504. The third-order valence-electron chi connectivity index (χ3n) is 4.21. The number of ether oxygens (including phenoxy) is 2. The molecule has 176 valence electrons. The number of unbranched alkanes of at least 4 members (excludes halogenated alkanes) is 5. The van der Waals surface area contributed by atoms with Crippen molar-refractivity contribution in [1.82, 2.24) is 0 Å². The molecule has 0 amide bonds. The smallest absolute Gasteiger partial charge is 0.339 e. The maximum atomic E-state index is 12.0. The summed E-state index contributed by atoms with van der Waals surface area (Å²) in [7, 11) is 0. The van der Waals surface area contributed by atoms with Crippen LogP contribution in [0, 0.1) is 11.8 Å². The van der Waals surface area contributed by atoms with Crippen LogP contribution in [0.4, 0.5) is 0 Å². The van der Waals surface area contributed by atoms with Gasteiger partial charge in [0.2, 0.25) is 0 Å². The molecule has 1 N–H and O–H groups in total. The number of rotatable bonds is 13. The molecule has 0 radical (unpaired) electrons. The number of aliphatic carboxylic acids is 1. The highest BCUT2D eigenvalue weighted by atomic mass is 16.5. The third kappa shape index (κ3) is 15.1. The Morgan fingerprint density at radius 2 is 1.19 bits per heavy atom. The van der Waals surface area contributed by atoms with Crippen LogP contribution in [0.5, 0.6) is 0 Å². The fraction of sp³-hybridized carbons (Fsp3) is 0.640. The highest BCUT2D eigenvalue weighted by Crippen LogP contribution is 2.13. The lowest BCUT2D eigenvalue weighted by atomic mass is 10.1. The van der Waals surface area contributed by atoms with Gasteiger partial charge in [-0.3, -0.25) is 4.79 Å².